The number of pyridine rings is 2. The smallest absolute Gasteiger partial charge is 0.228 e. The average molecular weight is 396 g/mol. The summed E-state index contributed by atoms with van der Waals surface area (Å²) in [6.07, 6.45) is 8.92. The minimum Gasteiger partial charge on any atom is -0.439 e. The molecular weight excluding hydrogens is 371 g/mol. The number of nitrogens with zero attached hydrogens (tertiary/aromatic N) is 4. The second-order valence-electron chi connectivity index (χ2n) is 7.67. The average Bonchev–Trinajstić information content (AvgIpc) is 3.18. The number of hydrogen-bond donors (Lipinski definition) is 0. The summed E-state index contributed by atoms with van der Waals surface area (Å²) in [5.74, 6) is 1.85. The minimum absolute atomic E-state index is 0.0981. The third-order valence-corrected chi connectivity index (χ3v) is 5.58. The molecule has 29 heavy (non-hydrogen) atoms. The first-order chi connectivity index (χ1) is 14.1. The number of carbonyl (C=O) groups is 1. The molecule has 0 atom stereocenters. The number of likely N-dealkylation sites (tertiary alicyclic amines) is 1. The van der Waals surface area contributed by atoms with Gasteiger partial charge in [0.25, 0.3) is 0 Å². The molecule has 0 aromatic carbocycles. The predicted octanol–water partition coefficient (Wildman–Crippen LogP) is 4.12. The Kier molecular flexibility index (Phi) is 5.83. The molecule has 152 valence electrons. The molecular formula is C22H25FN4O2. The van der Waals surface area contributed by atoms with E-state index in [1.165, 1.54) is 0 Å². The van der Waals surface area contributed by atoms with Crippen LogP contribution in [0.1, 0.15) is 37.3 Å². The Labute approximate surface area is 169 Å². The minimum atomic E-state index is -0.250. The van der Waals surface area contributed by atoms with E-state index in [1.807, 2.05) is 17.0 Å². The molecule has 1 aliphatic heterocycles. The van der Waals surface area contributed by atoms with Gasteiger partial charge in [-0.2, -0.15) is 0 Å². The first-order valence-electron chi connectivity index (χ1n) is 10.1. The Morgan fingerprint density at radius 1 is 1.14 bits per heavy atom. The zero-order valence-electron chi connectivity index (χ0n) is 16.6. The number of hydrogen-bond acceptors (Lipinski definition) is 5. The molecule has 0 N–H and O–H groups in total. The summed E-state index contributed by atoms with van der Waals surface area (Å²) in [6, 6.07) is 3.87. The molecule has 0 bridgehead atoms. The molecule has 0 aliphatic carbocycles. The van der Waals surface area contributed by atoms with Gasteiger partial charge in [-0.05, 0) is 49.1 Å². The summed E-state index contributed by atoms with van der Waals surface area (Å²) in [6.45, 7) is 3.05. The van der Waals surface area contributed by atoms with Crippen LogP contribution in [0.4, 0.5) is 4.39 Å². The van der Waals surface area contributed by atoms with Crippen molar-refractivity contribution >= 4 is 16.7 Å². The van der Waals surface area contributed by atoms with Crippen LogP contribution in [0.25, 0.3) is 22.2 Å². The fourth-order valence-corrected chi connectivity index (χ4v) is 3.90. The van der Waals surface area contributed by atoms with Gasteiger partial charge >= 0.3 is 0 Å². The van der Waals surface area contributed by atoms with Crippen molar-refractivity contribution in [3.63, 3.8) is 0 Å². The highest BCUT2D eigenvalue weighted by Gasteiger charge is 2.23. The van der Waals surface area contributed by atoms with Crippen LogP contribution in [0.3, 0.4) is 0 Å². The molecule has 7 heteroatoms. The lowest BCUT2D eigenvalue weighted by Gasteiger charge is -2.32. The maximum Gasteiger partial charge on any atom is 0.228 e. The van der Waals surface area contributed by atoms with Crippen LogP contribution in [0, 0.1) is 12.8 Å². The van der Waals surface area contributed by atoms with Crippen molar-refractivity contribution in [3.05, 3.63) is 42.3 Å². The summed E-state index contributed by atoms with van der Waals surface area (Å²) < 4.78 is 17.9. The van der Waals surface area contributed by atoms with Crippen LogP contribution in [0.15, 0.2) is 35.1 Å². The molecule has 0 unspecified atom stereocenters. The van der Waals surface area contributed by atoms with Crippen molar-refractivity contribution in [2.24, 2.45) is 5.92 Å². The van der Waals surface area contributed by atoms with Crippen molar-refractivity contribution in [1.82, 2.24) is 19.9 Å². The molecule has 6 nitrogen and oxygen atoms in total. The van der Waals surface area contributed by atoms with Gasteiger partial charge in [0.2, 0.25) is 5.91 Å². The quantitative estimate of drug-likeness (QED) is 0.627. The molecule has 1 saturated heterocycles. The van der Waals surface area contributed by atoms with Crippen molar-refractivity contribution in [3.8, 4) is 11.5 Å². The van der Waals surface area contributed by atoms with Gasteiger partial charge in [0.1, 0.15) is 5.69 Å². The van der Waals surface area contributed by atoms with Crippen LogP contribution in [-0.4, -0.2) is 45.5 Å². The number of aryl methyl sites for hydroxylation is 1. The Morgan fingerprint density at radius 2 is 1.93 bits per heavy atom. The third kappa shape index (κ3) is 4.60. The number of amides is 1. The number of halogens is 1. The van der Waals surface area contributed by atoms with E-state index in [0.717, 1.165) is 48.8 Å². The fourth-order valence-electron chi connectivity index (χ4n) is 3.90. The molecule has 4 heterocycles. The number of aromatic nitrogens is 3. The van der Waals surface area contributed by atoms with Crippen LogP contribution in [0.2, 0.25) is 0 Å². The Balaban J connectivity index is 1.43. The highest BCUT2D eigenvalue weighted by atomic mass is 19.1. The van der Waals surface area contributed by atoms with E-state index in [9.17, 15) is 9.18 Å². The van der Waals surface area contributed by atoms with Gasteiger partial charge in [0.15, 0.2) is 11.7 Å². The fraction of sp³-hybridized carbons (Fsp3) is 0.455. The van der Waals surface area contributed by atoms with E-state index in [-0.39, 0.29) is 19.0 Å². The van der Waals surface area contributed by atoms with Crippen LogP contribution < -0.4 is 0 Å². The molecule has 3 aromatic heterocycles. The molecule has 3 aromatic rings. The zero-order chi connectivity index (χ0) is 20.2. The van der Waals surface area contributed by atoms with Gasteiger partial charge in [-0.3, -0.25) is 19.2 Å². The molecule has 1 fully saturated rings. The van der Waals surface area contributed by atoms with Gasteiger partial charge in [-0.1, -0.05) is 0 Å². The predicted molar refractivity (Wildman–Crippen MR) is 108 cm³/mol. The van der Waals surface area contributed by atoms with E-state index in [2.05, 4.69) is 15.0 Å². The monoisotopic (exact) mass is 396 g/mol. The first-order valence-corrected chi connectivity index (χ1v) is 10.1. The highest BCUT2D eigenvalue weighted by Crippen LogP contribution is 2.24. The molecule has 0 saturated carbocycles. The number of alkyl halides is 1. The Morgan fingerprint density at radius 3 is 2.66 bits per heavy atom. The third-order valence-electron chi connectivity index (χ3n) is 5.58. The maximum absolute atomic E-state index is 12.7. The van der Waals surface area contributed by atoms with Gasteiger partial charge < -0.3 is 9.32 Å². The van der Waals surface area contributed by atoms with Gasteiger partial charge in [0, 0.05) is 37.8 Å². The lowest BCUT2D eigenvalue weighted by atomic mass is 9.92. The van der Waals surface area contributed by atoms with Crippen LogP contribution >= 0.6 is 0 Å². The van der Waals surface area contributed by atoms with E-state index < -0.39 is 0 Å². The molecule has 4 rings (SSSR count). The Hall–Kier alpha value is -2.83. The van der Waals surface area contributed by atoms with Crippen molar-refractivity contribution in [2.75, 3.05) is 19.8 Å². The van der Waals surface area contributed by atoms with Crippen LogP contribution in [-0.2, 0) is 11.2 Å². The number of rotatable bonds is 6. The van der Waals surface area contributed by atoms with Gasteiger partial charge in [-0.25, -0.2) is 4.98 Å². The molecule has 1 aliphatic rings. The summed E-state index contributed by atoms with van der Waals surface area (Å²) >= 11 is 0. The second kappa shape index (κ2) is 8.68. The maximum atomic E-state index is 12.7. The zero-order valence-corrected chi connectivity index (χ0v) is 16.6. The summed E-state index contributed by atoms with van der Waals surface area (Å²) in [5.41, 5.74) is 1.45. The summed E-state index contributed by atoms with van der Waals surface area (Å²) in [4.78, 5) is 27.6. The van der Waals surface area contributed by atoms with E-state index >= 15 is 0 Å². The summed E-state index contributed by atoms with van der Waals surface area (Å²) in [5, 5.41) is 1.88. The number of carbonyl (C=O) groups excluding carboxylic acids is 1. The summed E-state index contributed by atoms with van der Waals surface area (Å²) in [7, 11) is 0. The van der Waals surface area contributed by atoms with Crippen molar-refractivity contribution < 1.29 is 13.6 Å². The van der Waals surface area contributed by atoms with Crippen molar-refractivity contribution in [2.45, 2.75) is 39.0 Å². The van der Waals surface area contributed by atoms with E-state index in [4.69, 9.17) is 4.42 Å². The van der Waals surface area contributed by atoms with E-state index in [0.29, 0.717) is 29.7 Å². The number of fused-ring (bicyclic) bond motifs is 1. The number of oxazole rings is 1. The Bertz CT molecular complexity index is 995. The molecule has 0 radical (unpaired) electrons. The standard InChI is InChI=1S/C22H25FN4O2/c1-15-24-14-21(29-15)20-10-17-9-19(25-12-18(17)13-26-20)11-22(28)27-7-4-16(5-8-27)3-2-6-23/h9-10,12-14,16H,2-8,11H2,1H3. The normalized spacial score (nSPS) is 15.2. The first kappa shape index (κ1) is 19.5. The van der Waals surface area contributed by atoms with Gasteiger partial charge in [-0.15, -0.1) is 0 Å². The SMILES string of the molecule is Cc1ncc(-c2cc3cc(CC(=O)N4CCC(CCCF)CC4)ncc3cn2)o1. The van der Waals surface area contributed by atoms with E-state index in [1.54, 1.807) is 25.5 Å². The lowest BCUT2D eigenvalue weighted by Crippen LogP contribution is -2.39. The topological polar surface area (TPSA) is 72.1 Å². The second-order valence-corrected chi connectivity index (χ2v) is 7.67. The lowest BCUT2D eigenvalue weighted by molar-refractivity contribution is -0.131. The highest BCUT2D eigenvalue weighted by molar-refractivity contribution is 5.85. The van der Waals surface area contributed by atoms with Crippen LogP contribution in [0.5, 0.6) is 0 Å². The number of piperidine rings is 1. The van der Waals surface area contributed by atoms with Gasteiger partial charge in [0.05, 0.1) is 25.0 Å². The largest absolute Gasteiger partial charge is 0.439 e. The molecule has 1 amide bonds. The molecule has 0 spiro atoms. The van der Waals surface area contributed by atoms with Crippen molar-refractivity contribution in [1.29, 1.82) is 0 Å².